The van der Waals surface area contributed by atoms with Crippen LogP contribution in [0.4, 0.5) is 0 Å². The number of carbonyl (C=O) groups is 2. The molecule has 0 fully saturated rings. The van der Waals surface area contributed by atoms with E-state index in [-0.39, 0.29) is 24.8 Å². The topological polar surface area (TPSA) is 87.7 Å². The highest BCUT2D eigenvalue weighted by atomic mass is 16.5. The first-order valence-electron chi connectivity index (χ1n) is 6.92. The maximum absolute atomic E-state index is 12.3. The van der Waals surface area contributed by atoms with Crippen LogP contribution in [-0.4, -0.2) is 43.3 Å². The number of amides is 1. The van der Waals surface area contributed by atoms with Crippen LogP contribution >= 0.6 is 0 Å². The van der Waals surface area contributed by atoms with E-state index in [0.29, 0.717) is 6.54 Å². The van der Waals surface area contributed by atoms with Crippen molar-refractivity contribution in [3.05, 3.63) is 35.4 Å². The predicted octanol–water partition coefficient (Wildman–Crippen LogP) is 0.479. The fourth-order valence-electron chi connectivity index (χ4n) is 2.50. The van der Waals surface area contributed by atoms with E-state index in [0.717, 1.165) is 17.7 Å². The number of aliphatic carboxylic acids is 1. The Morgan fingerprint density at radius 2 is 2.24 bits per heavy atom. The Morgan fingerprint density at radius 3 is 2.95 bits per heavy atom. The van der Waals surface area contributed by atoms with Crippen LogP contribution in [0.1, 0.15) is 23.5 Å². The van der Waals surface area contributed by atoms with Gasteiger partial charge in [-0.3, -0.25) is 9.59 Å². The first-order valence-corrected chi connectivity index (χ1v) is 6.92. The van der Waals surface area contributed by atoms with E-state index in [1.54, 1.807) is 0 Å². The minimum atomic E-state index is -0.944. The standard InChI is InChI=1S/C15H20N2O4/c1-21-11(6-14(18)19)8-17-15(20)13-9-16-7-10-4-2-3-5-12(10)13/h2-5,11,13,16H,6-9H2,1H3,(H,17,20)(H,18,19). The third-order valence-corrected chi connectivity index (χ3v) is 3.65. The summed E-state index contributed by atoms with van der Waals surface area (Å²) in [6.45, 7) is 1.54. The van der Waals surface area contributed by atoms with Crippen molar-refractivity contribution in [3.8, 4) is 0 Å². The summed E-state index contributed by atoms with van der Waals surface area (Å²) in [4.78, 5) is 23.0. The van der Waals surface area contributed by atoms with Gasteiger partial charge in [0, 0.05) is 26.7 Å². The van der Waals surface area contributed by atoms with Gasteiger partial charge < -0.3 is 20.5 Å². The molecule has 6 nitrogen and oxygen atoms in total. The summed E-state index contributed by atoms with van der Waals surface area (Å²) in [6, 6.07) is 7.84. The fraction of sp³-hybridized carbons (Fsp3) is 0.467. The summed E-state index contributed by atoms with van der Waals surface area (Å²) in [5, 5.41) is 14.8. The molecule has 1 aromatic rings. The Bertz CT molecular complexity index is 518. The normalized spacial score (nSPS) is 18.6. The second-order valence-electron chi connectivity index (χ2n) is 5.08. The zero-order chi connectivity index (χ0) is 15.2. The average molecular weight is 292 g/mol. The van der Waals surface area contributed by atoms with Crippen molar-refractivity contribution in [2.24, 2.45) is 0 Å². The van der Waals surface area contributed by atoms with Crippen molar-refractivity contribution in [1.29, 1.82) is 0 Å². The molecule has 6 heteroatoms. The van der Waals surface area contributed by atoms with Gasteiger partial charge >= 0.3 is 5.97 Å². The van der Waals surface area contributed by atoms with Crippen LogP contribution in [-0.2, 0) is 20.9 Å². The minimum absolute atomic E-state index is 0.109. The maximum Gasteiger partial charge on any atom is 0.306 e. The number of methoxy groups -OCH3 is 1. The summed E-state index contributed by atoms with van der Waals surface area (Å²) in [5.74, 6) is -1.31. The van der Waals surface area contributed by atoms with Crippen LogP contribution in [0.3, 0.4) is 0 Å². The second kappa shape index (κ2) is 7.19. The molecular formula is C15H20N2O4. The zero-order valence-corrected chi connectivity index (χ0v) is 12.0. The molecular weight excluding hydrogens is 272 g/mol. The van der Waals surface area contributed by atoms with Crippen LogP contribution in [0.25, 0.3) is 0 Å². The van der Waals surface area contributed by atoms with Crippen LogP contribution in [0, 0.1) is 0 Å². The van der Waals surface area contributed by atoms with Gasteiger partial charge in [-0.2, -0.15) is 0 Å². The first-order chi connectivity index (χ1) is 10.1. The number of benzene rings is 1. The Morgan fingerprint density at radius 1 is 1.48 bits per heavy atom. The van der Waals surface area contributed by atoms with E-state index in [4.69, 9.17) is 9.84 Å². The second-order valence-corrected chi connectivity index (χ2v) is 5.08. The molecule has 0 aromatic heterocycles. The van der Waals surface area contributed by atoms with Gasteiger partial charge in [-0.15, -0.1) is 0 Å². The Kier molecular flexibility index (Phi) is 5.30. The first kappa shape index (κ1) is 15.5. The van der Waals surface area contributed by atoms with Gasteiger partial charge in [0.25, 0.3) is 0 Å². The lowest BCUT2D eigenvalue weighted by atomic mass is 9.90. The van der Waals surface area contributed by atoms with Crippen molar-refractivity contribution in [2.75, 3.05) is 20.2 Å². The number of ether oxygens (including phenoxy) is 1. The monoisotopic (exact) mass is 292 g/mol. The number of carbonyl (C=O) groups excluding carboxylic acids is 1. The molecule has 1 heterocycles. The average Bonchev–Trinajstić information content (AvgIpc) is 2.50. The molecule has 0 bridgehead atoms. The molecule has 2 rings (SSSR count). The van der Waals surface area contributed by atoms with Gasteiger partial charge in [0.1, 0.15) is 0 Å². The molecule has 2 unspecified atom stereocenters. The van der Waals surface area contributed by atoms with Crippen LogP contribution in [0.2, 0.25) is 0 Å². The lowest BCUT2D eigenvalue weighted by Gasteiger charge is -2.26. The predicted molar refractivity (Wildman–Crippen MR) is 76.9 cm³/mol. The number of hydrogen-bond acceptors (Lipinski definition) is 4. The van der Waals surface area contributed by atoms with E-state index in [1.807, 2.05) is 24.3 Å². The van der Waals surface area contributed by atoms with E-state index in [1.165, 1.54) is 7.11 Å². The van der Waals surface area contributed by atoms with Crippen LogP contribution in [0.15, 0.2) is 24.3 Å². The summed E-state index contributed by atoms with van der Waals surface area (Å²) in [5.41, 5.74) is 2.15. The molecule has 0 saturated carbocycles. The maximum atomic E-state index is 12.3. The van der Waals surface area contributed by atoms with Crippen molar-refractivity contribution in [1.82, 2.24) is 10.6 Å². The van der Waals surface area contributed by atoms with E-state index < -0.39 is 12.1 Å². The molecule has 21 heavy (non-hydrogen) atoms. The number of carboxylic acid groups (broad SMARTS) is 1. The quantitative estimate of drug-likeness (QED) is 0.710. The molecule has 2 atom stereocenters. The zero-order valence-electron chi connectivity index (χ0n) is 12.0. The van der Waals surface area contributed by atoms with E-state index in [9.17, 15) is 9.59 Å². The summed E-state index contributed by atoms with van der Waals surface area (Å²) >= 11 is 0. The van der Waals surface area contributed by atoms with Crippen LogP contribution in [0.5, 0.6) is 0 Å². The molecule has 3 N–H and O–H groups in total. The summed E-state index contributed by atoms with van der Waals surface area (Å²) in [7, 11) is 1.44. The van der Waals surface area contributed by atoms with Crippen LogP contribution < -0.4 is 10.6 Å². The van der Waals surface area contributed by atoms with Gasteiger partial charge in [0.15, 0.2) is 0 Å². The molecule has 1 aliphatic heterocycles. The van der Waals surface area contributed by atoms with Gasteiger partial charge in [-0.25, -0.2) is 0 Å². The van der Waals surface area contributed by atoms with Gasteiger partial charge in [0.05, 0.1) is 18.4 Å². The molecule has 0 aliphatic carbocycles. The smallest absolute Gasteiger partial charge is 0.306 e. The molecule has 1 aromatic carbocycles. The van der Waals surface area contributed by atoms with E-state index in [2.05, 4.69) is 10.6 Å². The number of nitrogens with one attached hydrogen (secondary N) is 2. The highest BCUT2D eigenvalue weighted by Gasteiger charge is 2.26. The lowest BCUT2D eigenvalue weighted by molar-refractivity contribution is -0.140. The molecule has 0 radical (unpaired) electrons. The van der Waals surface area contributed by atoms with Gasteiger partial charge in [0.2, 0.25) is 5.91 Å². The number of fused-ring (bicyclic) bond motifs is 1. The van der Waals surface area contributed by atoms with Crippen molar-refractivity contribution in [3.63, 3.8) is 0 Å². The molecule has 114 valence electrons. The van der Waals surface area contributed by atoms with Crippen molar-refractivity contribution < 1.29 is 19.4 Å². The van der Waals surface area contributed by atoms with Crippen molar-refractivity contribution in [2.45, 2.75) is 25.0 Å². The molecule has 1 amide bonds. The van der Waals surface area contributed by atoms with Gasteiger partial charge in [-0.1, -0.05) is 24.3 Å². The third kappa shape index (κ3) is 4.03. The Balaban J connectivity index is 1.97. The lowest BCUT2D eigenvalue weighted by Crippen LogP contribution is -2.42. The molecule has 0 spiro atoms. The fourth-order valence-corrected chi connectivity index (χ4v) is 2.50. The molecule has 1 aliphatic rings. The number of hydrogen-bond donors (Lipinski definition) is 3. The third-order valence-electron chi connectivity index (χ3n) is 3.65. The van der Waals surface area contributed by atoms with E-state index >= 15 is 0 Å². The highest BCUT2D eigenvalue weighted by Crippen LogP contribution is 2.23. The Labute approximate surface area is 123 Å². The molecule has 0 saturated heterocycles. The summed E-state index contributed by atoms with van der Waals surface area (Å²) < 4.78 is 5.06. The highest BCUT2D eigenvalue weighted by molar-refractivity contribution is 5.84. The Hall–Kier alpha value is -1.92. The number of rotatable bonds is 6. The van der Waals surface area contributed by atoms with Crippen molar-refractivity contribution >= 4 is 11.9 Å². The SMILES string of the molecule is COC(CNC(=O)C1CNCc2ccccc21)CC(=O)O. The number of carboxylic acids is 1. The van der Waals surface area contributed by atoms with Gasteiger partial charge in [-0.05, 0) is 11.1 Å². The largest absolute Gasteiger partial charge is 0.481 e. The summed E-state index contributed by atoms with van der Waals surface area (Å²) in [6.07, 6.45) is -0.644. The minimum Gasteiger partial charge on any atom is -0.481 e.